The van der Waals surface area contributed by atoms with Gasteiger partial charge in [0.15, 0.2) is 0 Å². The molecule has 1 N–H and O–H groups in total. The summed E-state index contributed by atoms with van der Waals surface area (Å²) in [6.07, 6.45) is 2.06. The van der Waals surface area contributed by atoms with E-state index in [0.717, 1.165) is 23.8 Å². The van der Waals surface area contributed by atoms with Gasteiger partial charge in [0.1, 0.15) is 0 Å². The third kappa shape index (κ3) is 5.01. The van der Waals surface area contributed by atoms with Crippen LogP contribution >= 0.6 is 0 Å². The van der Waals surface area contributed by atoms with Crippen LogP contribution in [0.25, 0.3) is 0 Å². The Hall–Kier alpha value is -0.660. The van der Waals surface area contributed by atoms with E-state index >= 15 is 0 Å². The van der Waals surface area contributed by atoms with Gasteiger partial charge in [-0.1, -0.05) is 0 Å². The third-order valence-corrected chi connectivity index (χ3v) is 4.53. The fourth-order valence-corrected chi connectivity index (χ4v) is 2.33. The highest BCUT2D eigenvalue weighted by Gasteiger charge is 2.18. The van der Waals surface area contributed by atoms with Gasteiger partial charge in [0.05, 0.1) is 11.9 Å². The molecule has 1 fully saturated rings. The zero-order valence-electron chi connectivity index (χ0n) is 10.3. The predicted molar refractivity (Wildman–Crippen MR) is 64.1 cm³/mol. The van der Waals surface area contributed by atoms with Crippen LogP contribution in [0.2, 0.25) is 0 Å². The highest BCUT2D eigenvalue weighted by molar-refractivity contribution is 7.89. The summed E-state index contributed by atoms with van der Waals surface area (Å²) in [7, 11) is -0.373. The Balaban J connectivity index is 2.21. The average Bonchev–Trinajstić information content (AvgIpc) is 2.76. The van der Waals surface area contributed by atoms with Crippen molar-refractivity contribution >= 4 is 15.9 Å². The van der Waals surface area contributed by atoms with Crippen molar-refractivity contribution in [2.45, 2.75) is 25.4 Å². The SMILES string of the molecule is CN(C)S(=O)(=O)CCC(=O)NCC1CCCO1. The molecule has 0 aliphatic carbocycles. The molecule has 0 radical (unpaired) electrons. The number of hydrogen-bond acceptors (Lipinski definition) is 4. The minimum absolute atomic E-state index is 0.00671. The van der Waals surface area contributed by atoms with E-state index in [1.807, 2.05) is 0 Å². The normalized spacial score (nSPS) is 20.8. The van der Waals surface area contributed by atoms with E-state index < -0.39 is 10.0 Å². The van der Waals surface area contributed by atoms with E-state index in [0.29, 0.717) is 6.54 Å². The van der Waals surface area contributed by atoms with Crippen molar-refractivity contribution in [3.05, 3.63) is 0 Å². The van der Waals surface area contributed by atoms with E-state index in [4.69, 9.17) is 4.74 Å². The van der Waals surface area contributed by atoms with Crippen LogP contribution in [0.1, 0.15) is 19.3 Å². The number of nitrogens with one attached hydrogen (secondary N) is 1. The van der Waals surface area contributed by atoms with Gasteiger partial charge >= 0.3 is 0 Å². The fraction of sp³-hybridized carbons (Fsp3) is 0.900. The van der Waals surface area contributed by atoms with Crippen LogP contribution in [0.5, 0.6) is 0 Å². The number of nitrogens with zero attached hydrogens (tertiary/aromatic N) is 1. The van der Waals surface area contributed by atoms with Crippen molar-refractivity contribution < 1.29 is 17.9 Å². The Bertz CT molecular complexity index is 347. The van der Waals surface area contributed by atoms with Gasteiger partial charge < -0.3 is 10.1 Å². The molecule has 1 saturated heterocycles. The number of carbonyl (C=O) groups excluding carboxylic acids is 1. The molecule has 0 bridgehead atoms. The summed E-state index contributed by atoms with van der Waals surface area (Å²) in [6, 6.07) is 0. The van der Waals surface area contributed by atoms with E-state index in [9.17, 15) is 13.2 Å². The highest BCUT2D eigenvalue weighted by Crippen LogP contribution is 2.10. The number of amides is 1. The number of sulfonamides is 1. The van der Waals surface area contributed by atoms with E-state index in [-0.39, 0.29) is 24.2 Å². The molecule has 0 spiro atoms. The molecule has 1 amide bonds. The van der Waals surface area contributed by atoms with Gasteiger partial charge in [-0.15, -0.1) is 0 Å². The van der Waals surface area contributed by atoms with Gasteiger partial charge in [-0.2, -0.15) is 0 Å². The molecule has 1 unspecified atom stereocenters. The van der Waals surface area contributed by atoms with Crippen molar-refractivity contribution in [3.8, 4) is 0 Å². The lowest BCUT2D eigenvalue weighted by Gasteiger charge is -2.12. The van der Waals surface area contributed by atoms with Crippen LogP contribution in [0.4, 0.5) is 0 Å². The van der Waals surface area contributed by atoms with Gasteiger partial charge in [-0.3, -0.25) is 4.79 Å². The molecular formula is C10H20N2O4S. The molecular weight excluding hydrogens is 244 g/mol. The first kappa shape index (κ1) is 14.4. The predicted octanol–water partition coefficient (Wildman–Crippen LogP) is -0.437. The van der Waals surface area contributed by atoms with Gasteiger partial charge in [-0.25, -0.2) is 12.7 Å². The Morgan fingerprint density at radius 1 is 1.47 bits per heavy atom. The van der Waals surface area contributed by atoms with E-state index in [1.54, 1.807) is 0 Å². The second-order valence-corrected chi connectivity index (χ2v) is 6.59. The summed E-state index contributed by atoms with van der Waals surface area (Å²) in [5.74, 6) is -0.400. The third-order valence-electron chi connectivity index (χ3n) is 2.69. The minimum Gasteiger partial charge on any atom is -0.376 e. The lowest BCUT2D eigenvalue weighted by molar-refractivity contribution is -0.121. The van der Waals surface area contributed by atoms with Gasteiger partial charge in [-0.05, 0) is 12.8 Å². The van der Waals surface area contributed by atoms with Crippen molar-refractivity contribution in [2.24, 2.45) is 0 Å². The number of ether oxygens (including phenoxy) is 1. The molecule has 0 saturated carbocycles. The van der Waals surface area contributed by atoms with E-state index in [2.05, 4.69) is 5.32 Å². The molecule has 1 heterocycles. The van der Waals surface area contributed by atoms with Gasteiger partial charge in [0.25, 0.3) is 0 Å². The molecule has 17 heavy (non-hydrogen) atoms. The zero-order valence-corrected chi connectivity index (χ0v) is 11.1. The van der Waals surface area contributed by atoms with Crippen molar-refractivity contribution in [1.82, 2.24) is 9.62 Å². The second kappa shape index (κ2) is 6.32. The van der Waals surface area contributed by atoms with Crippen LogP contribution in [0.3, 0.4) is 0 Å². The Morgan fingerprint density at radius 2 is 2.18 bits per heavy atom. The number of carbonyl (C=O) groups is 1. The zero-order chi connectivity index (χ0) is 12.9. The van der Waals surface area contributed by atoms with Crippen molar-refractivity contribution in [1.29, 1.82) is 0 Å². The molecule has 0 aromatic carbocycles. The maximum atomic E-state index is 11.4. The molecule has 0 aromatic heterocycles. The summed E-state index contributed by atoms with van der Waals surface area (Å²) < 4.78 is 29.3. The Labute approximate surface area is 102 Å². The van der Waals surface area contributed by atoms with Gasteiger partial charge in [0, 0.05) is 33.7 Å². The molecule has 1 aliphatic rings. The fourth-order valence-electron chi connectivity index (χ4n) is 1.53. The second-order valence-electron chi connectivity index (χ2n) is 4.29. The molecule has 1 aliphatic heterocycles. The quantitative estimate of drug-likeness (QED) is 0.706. The molecule has 6 nitrogen and oxygen atoms in total. The maximum Gasteiger partial charge on any atom is 0.221 e. The first-order valence-corrected chi connectivity index (χ1v) is 7.31. The summed E-state index contributed by atoms with van der Waals surface area (Å²) in [5.41, 5.74) is 0. The monoisotopic (exact) mass is 264 g/mol. The maximum absolute atomic E-state index is 11.4. The Morgan fingerprint density at radius 3 is 2.71 bits per heavy atom. The first-order chi connectivity index (χ1) is 7.92. The number of hydrogen-bond donors (Lipinski definition) is 1. The highest BCUT2D eigenvalue weighted by atomic mass is 32.2. The first-order valence-electron chi connectivity index (χ1n) is 5.70. The molecule has 1 rings (SSSR count). The summed E-state index contributed by atoms with van der Waals surface area (Å²) in [6.45, 7) is 1.22. The lowest BCUT2D eigenvalue weighted by atomic mass is 10.2. The molecule has 1 atom stereocenters. The lowest BCUT2D eigenvalue weighted by Crippen LogP contribution is -2.34. The molecule has 0 aromatic rings. The smallest absolute Gasteiger partial charge is 0.221 e. The summed E-state index contributed by atoms with van der Waals surface area (Å²) >= 11 is 0. The Kier molecular flexibility index (Phi) is 5.35. The van der Waals surface area contributed by atoms with Crippen LogP contribution in [-0.2, 0) is 19.6 Å². The van der Waals surface area contributed by atoms with Crippen molar-refractivity contribution in [2.75, 3.05) is 33.0 Å². The van der Waals surface area contributed by atoms with Crippen LogP contribution < -0.4 is 5.32 Å². The minimum atomic E-state index is -3.29. The van der Waals surface area contributed by atoms with E-state index in [1.165, 1.54) is 14.1 Å². The van der Waals surface area contributed by atoms with Gasteiger partial charge in [0.2, 0.25) is 15.9 Å². The van der Waals surface area contributed by atoms with Crippen molar-refractivity contribution in [3.63, 3.8) is 0 Å². The molecule has 100 valence electrons. The summed E-state index contributed by atoms with van der Waals surface area (Å²) in [5, 5.41) is 2.69. The van der Waals surface area contributed by atoms with Crippen LogP contribution in [0, 0.1) is 0 Å². The standard InChI is InChI=1S/C10H20N2O4S/c1-12(2)17(14,15)7-5-10(13)11-8-9-4-3-6-16-9/h9H,3-8H2,1-2H3,(H,11,13). The molecule has 7 heteroatoms. The average molecular weight is 264 g/mol. The van der Waals surface area contributed by atoms with Crippen LogP contribution in [-0.4, -0.2) is 57.7 Å². The summed E-state index contributed by atoms with van der Waals surface area (Å²) in [4.78, 5) is 11.4. The topological polar surface area (TPSA) is 75.7 Å². The largest absolute Gasteiger partial charge is 0.376 e. The number of rotatable bonds is 6. The van der Waals surface area contributed by atoms with Crippen LogP contribution in [0.15, 0.2) is 0 Å².